The summed E-state index contributed by atoms with van der Waals surface area (Å²) in [5.41, 5.74) is 5.53. The van der Waals surface area contributed by atoms with Crippen LogP contribution in [0.3, 0.4) is 0 Å². The third-order valence-corrected chi connectivity index (χ3v) is 9.75. The van der Waals surface area contributed by atoms with Crippen molar-refractivity contribution < 1.29 is 113 Å². The second kappa shape index (κ2) is 20.2. The quantitative estimate of drug-likeness (QED) is 0.0686. The molecule has 0 saturated carbocycles. The minimum atomic E-state index is -3.27. The van der Waals surface area contributed by atoms with Crippen LogP contribution in [0, 0.1) is 0 Å². The van der Waals surface area contributed by atoms with E-state index in [4.69, 9.17) is 34.2 Å². The highest BCUT2D eigenvalue weighted by molar-refractivity contribution is 5.94. The number of carbonyl (C=O) groups is 6. The average molecular weight is 846 g/mol. The zero-order chi connectivity index (χ0) is 44.1. The van der Waals surface area contributed by atoms with Gasteiger partial charge in [-0.25, -0.2) is 4.79 Å². The highest BCUT2D eigenvalue weighted by Gasteiger charge is 2.62. The van der Waals surface area contributed by atoms with E-state index in [1.165, 1.54) is 0 Å². The van der Waals surface area contributed by atoms with Crippen molar-refractivity contribution >= 4 is 35.6 Å². The molecule has 3 fully saturated rings. The first-order chi connectivity index (χ1) is 27.0. The van der Waals surface area contributed by atoms with Gasteiger partial charge in [0, 0.05) is 34.1 Å². The number of carboxylic acids is 2. The number of hydrogen-bond acceptors (Lipinski definition) is 22. The number of aliphatic carboxylic acids is 2. The molecule has 26 heteroatoms. The fraction of sp³-hybridized carbons (Fsp3) is 0.812. The molecule has 2 unspecified atom stereocenters. The van der Waals surface area contributed by atoms with Crippen molar-refractivity contribution in [3.8, 4) is 0 Å². The lowest BCUT2D eigenvalue weighted by Gasteiger charge is -2.52. The van der Waals surface area contributed by atoms with Gasteiger partial charge in [0.25, 0.3) is 5.79 Å². The van der Waals surface area contributed by atoms with Crippen LogP contribution in [0.2, 0.25) is 0 Å². The summed E-state index contributed by atoms with van der Waals surface area (Å²) in [5, 5.41) is 116. The average Bonchev–Trinajstić information content (AvgIpc) is 3.14. The van der Waals surface area contributed by atoms with Crippen LogP contribution < -0.4 is 5.73 Å². The summed E-state index contributed by atoms with van der Waals surface area (Å²) in [5.74, 6) is -11.0. The van der Waals surface area contributed by atoms with E-state index in [-0.39, 0.29) is 0 Å². The third kappa shape index (κ3) is 10.3. The van der Waals surface area contributed by atoms with Gasteiger partial charge in [0.05, 0.1) is 38.6 Å². The molecule has 26 nitrogen and oxygen atoms in total. The number of carbonyl (C=O) groups excluding carboxylic acids is 4. The first-order valence-corrected chi connectivity index (χ1v) is 17.7. The Morgan fingerprint density at radius 3 is 1.69 bits per heavy atom. The van der Waals surface area contributed by atoms with Crippen molar-refractivity contribution in [3.05, 3.63) is 0 Å². The number of nitrogens with zero attached hydrogens (tertiary/aromatic N) is 2. The number of imide groups is 2. The van der Waals surface area contributed by atoms with E-state index in [9.17, 15) is 84.9 Å². The normalized spacial score (nSPS) is 36.9. The maximum atomic E-state index is 13.0. The van der Waals surface area contributed by atoms with E-state index in [1.54, 1.807) is 0 Å². The minimum Gasteiger partial charge on any atom is -0.480 e. The lowest BCUT2D eigenvalue weighted by atomic mass is 9.87. The molecule has 3 heterocycles. The van der Waals surface area contributed by atoms with Crippen molar-refractivity contribution in [2.75, 3.05) is 26.4 Å². The van der Waals surface area contributed by atoms with Gasteiger partial charge in [0.2, 0.25) is 23.6 Å². The van der Waals surface area contributed by atoms with Gasteiger partial charge in [-0.2, -0.15) is 0 Å². The van der Waals surface area contributed by atoms with Crippen molar-refractivity contribution in [2.45, 2.75) is 138 Å². The summed E-state index contributed by atoms with van der Waals surface area (Å²) in [4.78, 5) is 75.8. The highest BCUT2D eigenvalue weighted by atomic mass is 16.8. The molecule has 0 aromatic carbocycles. The molecule has 0 aromatic rings. The number of nitrogens with two attached hydrogens (primary N) is 1. The Balaban J connectivity index is 2.12. The van der Waals surface area contributed by atoms with Gasteiger partial charge in [-0.15, -0.1) is 0 Å². The summed E-state index contributed by atoms with van der Waals surface area (Å²) < 4.78 is 33.7. The predicted octanol–water partition coefficient (Wildman–Crippen LogP) is -8.13. The summed E-state index contributed by atoms with van der Waals surface area (Å²) >= 11 is 0. The molecular formula is C32H51N3O23. The van der Waals surface area contributed by atoms with Gasteiger partial charge in [0.1, 0.15) is 73.1 Å². The maximum absolute atomic E-state index is 13.0. The number of amides is 4. The fourth-order valence-electron chi connectivity index (χ4n) is 6.99. The van der Waals surface area contributed by atoms with Crippen LogP contribution in [-0.4, -0.2) is 232 Å². The molecule has 3 saturated heterocycles. The van der Waals surface area contributed by atoms with Gasteiger partial charge in [0.15, 0.2) is 12.6 Å². The van der Waals surface area contributed by atoms with E-state index in [0.29, 0.717) is 9.80 Å². The monoisotopic (exact) mass is 845 g/mol. The van der Waals surface area contributed by atoms with Crippen molar-refractivity contribution in [1.29, 1.82) is 0 Å². The van der Waals surface area contributed by atoms with Crippen LogP contribution in [0.1, 0.15) is 34.1 Å². The maximum Gasteiger partial charge on any atom is 0.364 e. The molecule has 0 radical (unpaired) electrons. The number of hydrogen-bond donors (Lipinski definition) is 12. The Kier molecular flexibility index (Phi) is 17.1. The first kappa shape index (κ1) is 48.9. The van der Waals surface area contributed by atoms with E-state index in [0.717, 1.165) is 27.7 Å². The molecular weight excluding hydrogens is 794 g/mol. The summed E-state index contributed by atoms with van der Waals surface area (Å²) in [6.45, 7) is -0.562. The van der Waals surface area contributed by atoms with Gasteiger partial charge in [-0.05, 0) is 0 Å². The number of rotatable bonds is 16. The molecule has 13 N–H and O–H groups in total. The van der Waals surface area contributed by atoms with Gasteiger partial charge >= 0.3 is 11.9 Å². The zero-order valence-electron chi connectivity index (χ0n) is 31.6. The van der Waals surface area contributed by atoms with E-state index >= 15 is 0 Å². The topological polar surface area (TPSA) is 413 Å². The van der Waals surface area contributed by atoms with Crippen molar-refractivity contribution in [1.82, 2.24) is 9.80 Å². The van der Waals surface area contributed by atoms with Crippen molar-refractivity contribution in [2.24, 2.45) is 5.73 Å². The first-order valence-electron chi connectivity index (χ1n) is 17.7. The lowest BCUT2D eigenvalue weighted by molar-refractivity contribution is -0.384. The molecule has 58 heavy (non-hydrogen) atoms. The van der Waals surface area contributed by atoms with E-state index in [1.807, 2.05) is 0 Å². The molecule has 332 valence electrons. The smallest absolute Gasteiger partial charge is 0.364 e. The Morgan fingerprint density at radius 2 is 1.24 bits per heavy atom. The van der Waals surface area contributed by atoms with Gasteiger partial charge < -0.3 is 90.3 Å². The van der Waals surface area contributed by atoms with Gasteiger partial charge in [-0.1, -0.05) is 0 Å². The Hall–Kier alpha value is -3.42. The van der Waals surface area contributed by atoms with Crippen LogP contribution in [-0.2, 0) is 57.2 Å². The lowest BCUT2D eigenvalue weighted by Crippen LogP contribution is -2.72. The number of carboxylic acid groups (broad SMARTS) is 2. The molecule has 3 aliphatic heterocycles. The second-order valence-electron chi connectivity index (χ2n) is 13.8. The minimum absolute atomic E-state index is 0.394. The molecule has 0 bridgehead atoms. The van der Waals surface area contributed by atoms with Crippen molar-refractivity contribution in [3.63, 3.8) is 0 Å². The number of aliphatic hydroxyl groups is 9. The third-order valence-electron chi connectivity index (χ3n) is 9.75. The largest absolute Gasteiger partial charge is 0.480 e. The molecule has 0 aliphatic carbocycles. The summed E-state index contributed by atoms with van der Waals surface area (Å²) in [7, 11) is 0. The van der Waals surface area contributed by atoms with Crippen LogP contribution >= 0.6 is 0 Å². The molecule has 17 atom stereocenters. The fourth-order valence-corrected chi connectivity index (χ4v) is 6.99. The SMILES string of the molecule is CC(=O)N(C(C)=O)[C@H]1[C@H]([C@H](O)[C@H](O)CO)O[C@@](O[C@H]2[C@@H](O)[C@@H](CO)OC(O[C@H]3[C@@H](O)[C@@H](CO)OC(OC[C@H](N)C(=O)O)[C@@H]3N(C(C)=O)C(C)=O)[C@@H]2O)(C(=O)O)C[C@@H]1O. The van der Waals surface area contributed by atoms with Crippen LogP contribution in [0.15, 0.2) is 0 Å². The van der Waals surface area contributed by atoms with Gasteiger partial charge in [-0.3, -0.25) is 33.8 Å². The Morgan fingerprint density at radius 1 is 0.759 bits per heavy atom. The molecule has 0 spiro atoms. The number of aliphatic hydroxyl groups excluding tert-OH is 9. The summed E-state index contributed by atoms with van der Waals surface area (Å²) in [6.07, 6.45) is -28.9. The van der Waals surface area contributed by atoms with E-state index in [2.05, 4.69) is 0 Å². The Labute approximate surface area is 328 Å². The second-order valence-corrected chi connectivity index (χ2v) is 13.8. The Bertz CT molecular complexity index is 1460. The summed E-state index contributed by atoms with van der Waals surface area (Å²) in [6, 6.07) is -5.52. The van der Waals surface area contributed by atoms with E-state index < -0.39 is 172 Å². The molecule has 3 rings (SSSR count). The highest BCUT2D eigenvalue weighted by Crippen LogP contribution is 2.40. The van der Waals surface area contributed by atoms with Crippen LogP contribution in [0.5, 0.6) is 0 Å². The zero-order valence-corrected chi connectivity index (χ0v) is 31.6. The molecule has 4 amide bonds. The molecule has 3 aliphatic rings. The standard InChI is InChI=1S/C32H51N3O23/c1-10(39)34(11(2)40)19-15(43)5-32(31(51)52,57-26(19)21(45)16(44)6-36)58-27-23(47)18(8-38)55-30(24(27)48)56-25-20(35(12(3)41)13(4)42)29(53-9-14(33)28(49)50)54-17(7-37)22(25)46/h14-27,29-30,36-38,43-48H,5-9,33H2,1-4H3,(H,49,50)(H,51,52)/t14-,15-,16+,17+,18+,19+,20+,21+,22-,23-,24+,25+,26+,27-,29?,30?,32-/m0/s1. The predicted molar refractivity (Wildman–Crippen MR) is 180 cm³/mol. The molecule has 0 aromatic heterocycles. The van der Waals surface area contributed by atoms with Crippen LogP contribution in [0.4, 0.5) is 0 Å². The van der Waals surface area contributed by atoms with Crippen LogP contribution in [0.25, 0.3) is 0 Å². The number of ether oxygens (including phenoxy) is 6.